The Morgan fingerprint density at radius 3 is 2.04 bits per heavy atom. The molecular formula is C17H20F3NO6. The molecule has 0 saturated heterocycles. The number of hydrogen-bond donors (Lipinski definition) is 2. The SMILES string of the molecule is COC(=O)[C@H](C)C[C@H](NC(=O)[C@@H](O)c1ccc(C(F)(F)F)cc1)C(=O)OC. The van der Waals surface area contributed by atoms with Crippen LogP contribution in [0.5, 0.6) is 0 Å². The van der Waals surface area contributed by atoms with Gasteiger partial charge in [0.05, 0.1) is 25.7 Å². The third-order valence-corrected chi connectivity index (χ3v) is 3.80. The summed E-state index contributed by atoms with van der Waals surface area (Å²) in [6.07, 6.45) is -6.51. The maximum absolute atomic E-state index is 12.6. The van der Waals surface area contributed by atoms with Gasteiger partial charge in [-0.3, -0.25) is 9.59 Å². The van der Waals surface area contributed by atoms with E-state index in [1.54, 1.807) is 0 Å². The van der Waals surface area contributed by atoms with Gasteiger partial charge in [-0.25, -0.2) is 4.79 Å². The van der Waals surface area contributed by atoms with Gasteiger partial charge in [0.25, 0.3) is 5.91 Å². The summed E-state index contributed by atoms with van der Waals surface area (Å²) in [4.78, 5) is 35.5. The van der Waals surface area contributed by atoms with E-state index in [-0.39, 0.29) is 12.0 Å². The van der Waals surface area contributed by atoms with Crippen molar-refractivity contribution in [1.82, 2.24) is 5.32 Å². The van der Waals surface area contributed by atoms with Crippen LogP contribution in [0.15, 0.2) is 24.3 Å². The molecule has 10 heteroatoms. The highest BCUT2D eigenvalue weighted by Gasteiger charge is 2.32. The first-order valence-electron chi connectivity index (χ1n) is 7.82. The average molecular weight is 391 g/mol. The minimum Gasteiger partial charge on any atom is -0.469 e. The van der Waals surface area contributed by atoms with E-state index in [1.165, 1.54) is 14.0 Å². The standard InChI is InChI=1S/C17H20F3NO6/c1-9(15(24)26-2)8-12(16(25)27-3)21-14(23)13(22)10-4-6-11(7-5-10)17(18,19)20/h4-7,9,12-13,22H,8H2,1-3H3,(H,21,23)/t9-,12+,13+/m1/s1. The van der Waals surface area contributed by atoms with Gasteiger partial charge >= 0.3 is 18.1 Å². The maximum Gasteiger partial charge on any atom is 0.416 e. The summed E-state index contributed by atoms with van der Waals surface area (Å²) in [5.74, 6) is -3.23. The summed E-state index contributed by atoms with van der Waals surface area (Å²) < 4.78 is 46.8. The Morgan fingerprint density at radius 2 is 1.59 bits per heavy atom. The number of esters is 2. The molecule has 0 radical (unpaired) electrons. The fourth-order valence-electron chi connectivity index (χ4n) is 2.26. The molecule has 27 heavy (non-hydrogen) atoms. The van der Waals surface area contributed by atoms with E-state index in [0.717, 1.165) is 31.4 Å². The lowest BCUT2D eigenvalue weighted by Crippen LogP contribution is -2.45. The largest absolute Gasteiger partial charge is 0.469 e. The van der Waals surface area contributed by atoms with Crippen LogP contribution in [0, 0.1) is 5.92 Å². The van der Waals surface area contributed by atoms with Crippen LogP contribution in [0.1, 0.15) is 30.6 Å². The zero-order valence-corrected chi connectivity index (χ0v) is 14.9. The van der Waals surface area contributed by atoms with Crippen molar-refractivity contribution >= 4 is 17.8 Å². The lowest BCUT2D eigenvalue weighted by molar-refractivity contribution is -0.149. The number of carbonyl (C=O) groups excluding carboxylic acids is 3. The third kappa shape index (κ3) is 6.24. The van der Waals surface area contributed by atoms with Crippen LogP contribution >= 0.6 is 0 Å². The Bertz CT molecular complexity index is 674. The van der Waals surface area contributed by atoms with Gasteiger partial charge in [0.1, 0.15) is 6.04 Å². The van der Waals surface area contributed by atoms with Crippen LogP contribution in [0.3, 0.4) is 0 Å². The lowest BCUT2D eigenvalue weighted by atomic mass is 10.0. The number of nitrogens with one attached hydrogen (secondary N) is 1. The number of halogens is 3. The highest BCUT2D eigenvalue weighted by atomic mass is 19.4. The second-order valence-electron chi connectivity index (χ2n) is 5.77. The van der Waals surface area contributed by atoms with Crippen LogP contribution in [-0.4, -0.2) is 43.2 Å². The molecule has 0 aliphatic carbocycles. The Labute approximate surface area is 153 Å². The molecule has 3 atom stereocenters. The molecule has 1 aromatic rings. The molecule has 2 N–H and O–H groups in total. The summed E-state index contributed by atoms with van der Waals surface area (Å²) >= 11 is 0. The molecule has 1 rings (SSSR count). The molecule has 1 amide bonds. The number of alkyl halides is 3. The Balaban J connectivity index is 2.87. The first-order chi connectivity index (χ1) is 12.5. The van der Waals surface area contributed by atoms with Gasteiger partial charge in [0.15, 0.2) is 6.10 Å². The van der Waals surface area contributed by atoms with Crippen molar-refractivity contribution in [3.63, 3.8) is 0 Å². The van der Waals surface area contributed by atoms with E-state index in [4.69, 9.17) is 0 Å². The van der Waals surface area contributed by atoms with Crippen LogP contribution < -0.4 is 5.32 Å². The molecule has 150 valence electrons. The summed E-state index contributed by atoms with van der Waals surface area (Å²) in [6, 6.07) is 2.11. The minimum absolute atomic E-state index is 0.0925. The Morgan fingerprint density at radius 1 is 1.07 bits per heavy atom. The smallest absolute Gasteiger partial charge is 0.416 e. The van der Waals surface area contributed by atoms with Gasteiger partial charge in [-0.2, -0.15) is 13.2 Å². The van der Waals surface area contributed by atoms with Crippen molar-refractivity contribution < 1.29 is 42.1 Å². The van der Waals surface area contributed by atoms with Gasteiger partial charge in [-0.15, -0.1) is 0 Å². The molecule has 0 spiro atoms. The Hall–Kier alpha value is -2.62. The van der Waals surface area contributed by atoms with E-state index in [1.807, 2.05) is 0 Å². The van der Waals surface area contributed by atoms with Crippen molar-refractivity contribution in [3.05, 3.63) is 35.4 Å². The van der Waals surface area contributed by atoms with Crippen molar-refractivity contribution in [3.8, 4) is 0 Å². The zero-order chi connectivity index (χ0) is 20.8. The highest BCUT2D eigenvalue weighted by Crippen LogP contribution is 2.30. The normalized spacial score (nSPS) is 14.6. The predicted octanol–water partition coefficient (Wildman–Crippen LogP) is 1.60. The van der Waals surface area contributed by atoms with Crippen LogP contribution in [0.25, 0.3) is 0 Å². The Kier molecular flexibility index (Phi) is 7.77. The van der Waals surface area contributed by atoms with E-state index in [0.29, 0.717) is 0 Å². The summed E-state index contributed by atoms with van der Waals surface area (Å²) in [5.41, 5.74) is -1.02. The zero-order valence-electron chi connectivity index (χ0n) is 14.9. The molecule has 1 aromatic carbocycles. The second-order valence-corrected chi connectivity index (χ2v) is 5.77. The highest BCUT2D eigenvalue weighted by molar-refractivity contribution is 5.88. The number of amides is 1. The monoisotopic (exact) mass is 391 g/mol. The van der Waals surface area contributed by atoms with E-state index >= 15 is 0 Å². The van der Waals surface area contributed by atoms with E-state index in [2.05, 4.69) is 14.8 Å². The van der Waals surface area contributed by atoms with Gasteiger partial charge in [0, 0.05) is 0 Å². The molecule has 0 fully saturated rings. The molecule has 0 unspecified atom stereocenters. The number of methoxy groups -OCH3 is 2. The van der Waals surface area contributed by atoms with Gasteiger partial charge in [-0.05, 0) is 24.1 Å². The van der Waals surface area contributed by atoms with Crippen LogP contribution in [0.2, 0.25) is 0 Å². The third-order valence-electron chi connectivity index (χ3n) is 3.80. The molecule has 0 heterocycles. The first kappa shape index (κ1) is 22.4. The number of hydrogen-bond acceptors (Lipinski definition) is 6. The summed E-state index contributed by atoms with van der Waals surface area (Å²) in [5, 5.41) is 12.3. The van der Waals surface area contributed by atoms with Crippen molar-refractivity contribution in [2.24, 2.45) is 5.92 Å². The lowest BCUT2D eigenvalue weighted by Gasteiger charge is -2.21. The number of carbonyl (C=O) groups is 3. The first-order valence-corrected chi connectivity index (χ1v) is 7.82. The molecule has 0 aliphatic rings. The van der Waals surface area contributed by atoms with Gasteiger partial charge in [0.2, 0.25) is 0 Å². The molecule has 0 bridgehead atoms. The fraction of sp³-hybridized carbons (Fsp3) is 0.471. The van der Waals surface area contributed by atoms with Crippen molar-refractivity contribution in [1.29, 1.82) is 0 Å². The number of aliphatic hydroxyl groups is 1. The predicted molar refractivity (Wildman–Crippen MR) is 86.1 cm³/mol. The van der Waals surface area contributed by atoms with E-state index < -0.39 is 47.6 Å². The van der Waals surface area contributed by atoms with Gasteiger partial charge in [-0.1, -0.05) is 19.1 Å². The van der Waals surface area contributed by atoms with Gasteiger partial charge < -0.3 is 19.9 Å². The summed E-state index contributed by atoms with van der Waals surface area (Å²) in [7, 11) is 2.25. The molecular weight excluding hydrogens is 371 g/mol. The average Bonchev–Trinajstić information content (AvgIpc) is 2.64. The fourth-order valence-corrected chi connectivity index (χ4v) is 2.26. The second kappa shape index (κ2) is 9.36. The number of ether oxygens (including phenoxy) is 2. The number of aliphatic hydroxyl groups excluding tert-OH is 1. The van der Waals surface area contributed by atoms with E-state index in [9.17, 15) is 32.7 Å². The van der Waals surface area contributed by atoms with Crippen LogP contribution in [-0.2, 0) is 30.0 Å². The molecule has 7 nitrogen and oxygen atoms in total. The van der Waals surface area contributed by atoms with Crippen molar-refractivity contribution in [2.45, 2.75) is 31.7 Å². The minimum atomic E-state index is -4.55. The molecule has 0 aliphatic heterocycles. The molecule has 0 saturated carbocycles. The number of rotatable bonds is 7. The topological polar surface area (TPSA) is 102 Å². The van der Waals surface area contributed by atoms with Crippen molar-refractivity contribution in [2.75, 3.05) is 14.2 Å². The molecule has 0 aromatic heterocycles. The van der Waals surface area contributed by atoms with Crippen LogP contribution in [0.4, 0.5) is 13.2 Å². The quantitative estimate of drug-likeness (QED) is 0.685. The number of benzene rings is 1. The maximum atomic E-state index is 12.6. The summed E-state index contributed by atoms with van der Waals surface area (Å²) in [6.45, 7) is 1.47.